The number of thiazole rings is 1. The standard InChI is InChI=1S/C15H9ClN4OS/c16-10-7-11-13(20-15(21)18-11)19-12(10)8-1-3-9(4-2-8)14-17-5-6-22-14/h1-7H,(H2,18,19,20,21). The lowest BCUT2D eigenvalue weighted by Gasteiger charge is -2.04. The molecule has 0 aliphatic heterocycles. The van der Waals surface area contributed by atoms with Crippen LogP contribution in [0.25, 0.3) is 33.0 Å². The van der Waals surface area contributed by atoms with Crippen molar-refractivity contribution in [3.05, 3.63) is 46.9 Å². The fraction of sp³-hybridized carbons (Fsp3) is 0. The summed E-state index contributed by atoms with van der Waals surface area (Å²) < 4.78 is 0. The zero-order chi connectivity index (χ0) is 15.1. The largest absolute Gasteiger partial charge is 0.480 e. The molecule has 22 heavy (non-hydrogen) atoms. The predicted octanol–water partition coefficient (Wildman–Crippen LogP) is 4.11. The van der Waals surface area contributed by atoms with Crippen molar-refractivity contribution in [3.8, 4) is 27.8 Å². The van der Waals surface area contributed by atoms with Gasteiger partial charge < -0.3 is 10.1 Å². The summed E-state index contributed by atoms with van der Waals surface area (Å²) in [4.78, 5) is 15.3. The van der Waals surface area contributed by atoms with E-state index >= 15 is 0 Å². The SMILES string of the molecule is Oc1nc2nc(-c3ccc(-c4nccs4)cc3)c(Cl)cc2[nH]1. The molecule has 0 saturated heterocycles. The van der Waals surface area contributed by atoms with E-state index in [0.29, 0.717) is 21.9 Å². The van der Waals surface area contributed by atoms with Gasteiger partial charge in [-0.3, -0.25) is 0 Å². The molecule has 5 nitrogen and oxygen atoms in total. The Morgan fingerprint density at radius 2 is 1.86 bits per heavy atom. The van der Waals surface area contributed by atoms with E-state index in [9.17, 15) is 5.11 Å². The number of nitrogens with one attached hydrogen (secondary N) is 1. The molecule has 0 atom stereocenters. The number of aromatic nitrogens is 4. The molecular weight excluding hydrogens is 320 g/mol. The first-order valence-corrected chi connectivity index (χ1v) is 7.72. The number of rotatable bonds is 2. The van der Waals surface area contributed by atoms with E-state index < -0.39 is 0 Å². The van der Waals surface area contributed by atoms with Crippen molar-refractivity contribution in [2.24, 2.45) is 0 Å². The highest BCUT2D eigenvalue weighted by Gasteiger charge is 2.11. The molecule has 3 aromatic heterocycles. The van der Waals surface area contributed by atoms with Crippen LogP contribution in [0.4, 0.5) is 0 Å². The molecule has 0 spiro atoms. The van der Waals surface area contributed by atoms with Crippen LogP contribution in [0, 0.1) is 0 Å². The van der Waals surface area contributed by atoms with Crippen molar-refractivity contribution in [2.75, 3.05) is 0 Å². The van der Waals surface area contributed by atoms with Crippen LogP contribution in [0.5, 0.6) is 6.01 Å². The van der Waals surface area contributed by atoms with Crippen LogP contribution in [-0.2, 0) is 0 Å². The van der Waals surface area contributed by atoms with Gasteiger partial charge in [0.15, 0.2) is 5.65 Å². The average molecular weight is 329 g/mol. The van der Waals surface area contributed by atoms with Crippen LogP contribution in [0.15, 0.2) is 41.9 Å². The van der Waals surface area contributed by atoms with Gasteiger partial charge in [0.05, 0.1) is 16.2 Å². The number of H-pyrrole nitrogens is 1. The molecule has 2 N–H and O–H groups in total. The quantitative estimate of drug-likeness (QED) is 0.580. The average Bonchev–Trinajstić information content (AvgIpc) is 3.15. The van der Waals surface area contributed by atoms with E-state index in [1.54, 1.807) is 23.6 Å². The molecule has 0 bridgehead atoms. The maximum atomic E-state index is 9.39. The summed E-state index contributed by atoms with van der Waals surface area (Å²) in [7, 11) is 0. The van der Waals surface area contributed by atoms with Crippen LogP contribution in [0.3, 0.4) is 0 Å². The molecule has 0 radical (unpaired) electrons. The monoisotopic (exact) mass is 328 g/mol. The molecular formula is C15H9ClN4OS. The van der Waals surface area contributed by atoms with Crippen LogP contribution >= 0.6 is 22.9 Å². The fourth-order valence-corrected chi connectivity index (χ4v) is 3.15. The first-order valence-electron chi connectivity index (χ1n) is 6.46. The third-order valence-electron chi connectivity index (χ3n) is 3.25. The molecule has 4 aromatic rings. The zero-order valence-electron chi connectivity index (χ0n) is 11.1. The first kappa shape index (κ1) is 13.2. The summed E-state index contributed by atoms with van der Waals surface area (Å²) >= 11 is 7.87. The van der Waals surface area contributed by atoms with Crippen molar-refractivity contribution in [1.82, 2.24) is 19.9 Å². The summed E-state index contributed by atoms with van der Waals surface area (Å²) in [5, 5.41) is 12.8. The van der Waals surface area contributed by atoms with Crippen molar-refractivity contribution in [1.29, 1.82) is 0 Å². The molecule has 7 heteroatoms. The molecule has 0 aliphatic rings. The molecule has 0 fully saturated rings. The summed E-state index contributed by atoms with van der Waals surface area (Å²) in [5.41, 5.74) is 3.60. The smallest absolute Gasteiger partial charge is 0.293 e. The number of halogens is 1. The van der Waals surface area contributed by atoms with Crippen LogP contribution < -0.4 is 0 Å². The fourth-order valence-electron chi connectivity index (χ4n) is 2.24. The topological polar surface area (TPSA) is 74.7 Å². The second kappa shape index (κ2) is 5.08. The molecule has 108 valence electrons. The van der Waals surface area contributed by atoms with Crippen LogP contribution in [0.1, 0.15) is 0 Å². The van der Waals surface area contributed by atoms with Gasteiger partial charge in [0.2, 0.25) is 0 Å². The minimum absolute atomic E-state index is 0.171. The van der Waals surface area contributed by atoms with Gasteiger partial charge in [-0.15, -0.1) is 11.3 Å². The highest BCUT2D eigenvalue weighted by molar-refractivity contribution is 7.13. The van der Waals surface area contributed by atoms with E-state index in [1.807, 2.05) is 29.6 Å². The van der Waals surface area contributed by atoms with E-state index in [1.165, 1.54) is 0 Å². The van der Waals surface area contributed by atoms with Crippen molar-refractivity contribution < 1.29 is 5.11 Å². The number of benzene rings is 1. The van der Waals surface area contributed by atoms with Gasteiger partial charge in [-0.25, -0.2) is 9.97 Å². The van der Waals surface area contributed by atoms with Gasteiger partial charge in [-0.05, 0) is 6.07 Å². The lowest BCUT2D eigenvalue weighted by molar-refractivity contribution is 0.438. The Morgan fingerprint density at radius 3 is 2.59 bits per heavy atom. The molecule has 0 aliphatic carbocycles. The summed E-state index contributed by atoms with van der Waals surface area (Å²) in [6.45, 7) is 0. The number of nitrogens with zero attached hydrogens (tertiary/aromatic N) is 3. The van der Waals surface area contributed by atoms with Gasteiger partial charge >= 0.3 is 0 Å². The minimum atomic E-state index is -0.171. The molecule has 1 aromatic carbocycles. The highest BCUT2D eigenvalue weighted by Crippen LogP contribution is 2.31. The Kier molecular flexibility index (Phi) is 3.06. The number of hydrogen-bond donors (Lipinski definition) is 2. The number of fused-ring (bicyclic) bond motifs is 1. The van der Waals surface area contributed by atoms with Gasteiger partial charge in [-0.1, -0.05) is 35.9 Å². The number of aromatic hydroxyl groups is 1. The highest BCUT2D eigenvalue weighted by atomic mass is 35.5. The Morgan fingerprint density at radius 1 is 1.09 bits per heavy atom. The molecule has 0 saturated carbocycles. The number of imidazole rings is 1. The molecule has 0 unspecified atom stereocenters. The number of hydrogen-bond acceptors (Lipinski definition) is 5. The van der Waals surface area contributed by atoms with Crippen molar-refractivity contribution in [2.45, 2.75) is 0 Å². The Balaban J connectivity index is 1.79. The Labute approximate surface area is 134 Å². The lowest BCUT2D eigenvalue weighted by atomic mass is 10.1. The van der Waals surface area contributed by atoms with Crippen molar-refractivity contribution >= 4 is 34.1 Å². The Bertz CT molecular complexity index is 948. The lowest BCUT2D eigenvalue weighted by Crippen LogP contribution is -1.87. The van der Waals surface area contributed by atoms with Gasteiger partial charge in [0.25, 0.3) is 6.01 Å². The Hall–Kier alpha value is -2.44. The normalized spacial score (nSPS) is 11.1. The van der Waals surface area contributed by atoms with E-state index in [4.69, 9.17) is 11.6 Å². The second-order valence-corrected chi connectivity index (χ2v) is 5.97. The van der Waals surface area contributed by atoms with Crippen molar-refractivity contribution in [3.63, 3.8) is 0 Å². The van der Waals surface area contributed by atoms with Gasteiger partial charge in [-0.2, -0.15) is 4.98 Å². The third-order valence-corrected chi connectivity index (χ3v) is 4.36. The van der Waals surface area contributed by atoms with Crippen LogP contribution in [-0.4, -0.2) is 25.0 Å². The summed E-state index contributed by atoms with van der Waals surface area (Å²) in [6.07, 6.45) is 1.78. The second-order valence-electron chi connectivity index (χ2n) is 4.66. The van der Waals surface area contributed by atoms with E-state index in [0.717, 1.165) is 16.1 Å². The number of aromatic amines is 1. The molecule has 0 amide bonds. The van der Waals surface area contributed by atoms with Crippen LogP contribution in [0.2, 0.25) is 5.02 Å². The predicted molar refractivity (Wildman–Crippen MR) is 87.1 cm³/mol. The summed E-state index contributed by atoms with van der Waals surface area (Å²) in [6, 6.07) is 9.40. The molecule has 3 heterocycles. The van der Waals surface area contributed by atoms with Gasteiger partial charge in [0.1, 0.15) is 5.01 Å². The van der Waals surface area contributed by atoms with E-state index in [2.05, 4.69) is 19.9 Å². The van der Waals surface area contributed by atoms with Gasteiger partial charge in [0, 0.05) is 22.7 Å². The third kappa shape index (κ3) is 2.22. The number of pyridine rings is 1. The minimum Gasteiger partial charge on any atom is -0.480 e. The van der Waals surface area contributed by atoms with E-state index in [-0.39, 0.29) is 6.01 Å². The first-order chi connectivity index (χ1) is 10.7. The maximum Gasteiger partial charge on any atom is 0.293 e. The maximum absolute atomic E-state index is 9.39. The summed E-state index contributed by atoms with van der Waals surface area (Å²) in [5.74, 6) is 0. The molecule has 4 rings (SSSR count). The zero-order valence-corrected chi connectivity index (χ0v) is 12.7.